The number of carbonyl (C=O) groups is 1. The number of hydrogen-bond donors (Lipinski definition) is 3. The van der Waals surface area contributed by atoms with Gasteiger partial charge in [0, 0.05) is 0 Å². The van der Waals surface area contributed by atoms with Crippen molar-refractivity contribution in [2.24, 2.45) is 5.92 Å². The van der Waals surface area contributed by atoms with Crippen molar-refractivity contribution in [1.82, 2.24) is 9.44 Å². The zero-order valence-corrected chi connectivity index (χ0v) is 12.1. The number of hydrogen-bond acceptors (Lipinski definition) is 5. The summed E-state index contributed by atoms with van der Waals surface area (Å²) < 4.78 is 32.3. The van der Waals surface area contributed by atoms with Gasteiger partial charge in [-0.25, -0.2) is 9.52 Å². The summed E-state index contributed by atoms with van der Waals surface area (Å²) in [6, 6.07) is 0. The molecule has 0 aromatic rings. The minimum atomic E-state index is -4.03. The second kappa shape index (κ2) is 6.53. The highest BCUT2D eigenvalue weighted by molar-refractivity contribution is 7.88. The zero-order chi connectivity index (χ0) is 14.5. The maximum atomic E-state index is 11.8. The van der Waals surface area contributed by atoms with Gasteiger partial charge in [-0.15, -0.1) is 0 Å². The van der Waals surface area contributed by atoms with E-state index in [9.17, 15) is 18.3 Å². The maximum Gasteiger partial charge on any atom is 0.421 e. The summed E-state index contributed by atoms with van der Waals surface area (Å²) in [6.45, 7) is 3.39. The van der Waals surface area contributed by atoms with Crippen LogP contribution in [0.15, 0.2) is 0 Å². The van der Waals surface area contributed by atoms with E-state index in [0.717, 1.165) is 12.8 Å². The van der Waals surface area contributed by atoms with Gasteiger partial charge in [0.1, 0.15) is 0 Å². The number of nitrogens with one attached hydrogen (secondary N) is 2. The second-order valence-corrected chi connectivity index (χ2v) is 6.48. The third-order valence-corrected chi connectivity index (χ3v) is 4.38. The average molecular weight is 294 g/mol. The van der Waals surface area contributed by atoms with E-state index in [1.54, 1.807) is 11.6 Å². The van der Waals surface area contributed by atoms with E-state index in [2.05, 4.69) is 9.46 Å². The lowest BCUT2D eigenvalue weighted by molar-refractivity contribution is 0.119. The summed E-state index contributed by atoms with van der Waals surface area (Å²) in [5.41, 5.74) is -0.893. The normalized spacial score (nSPS) is 27.8. The molecule has 0 radical (unpaired) electrons. The van der Waals surface area contributed by atoms with Crippen molar-refractivity contribution in [3.05, 3.63) is 0 Å². The average Bonchev–Trinajstić information content (AvgIpc) is 2.27. The topological polar surface area (TPSA) is 105 Å². The molecule has 3 N–H and O–H groups in total. The van der Waals surface area contributed by atoms with Crippen LogP contribution in [0.4, 0.5) is 4.79 Å². The van der Waals surface area contributed by atoms with Crippen LogP contribution in [0.1, 0.15) is 39.5 Å². The van der Waals surface area contributed by atoms with Crippen molar-refractivity contribution >= 4 is 16.3 Å². The third-order valence-electron chi connectivity index (χ3n) is 3.24. The SMILES string of the molecule is CCOC(=O)NS(=O)(=O)NC1(CO)CCCC(C)C1. The first-order valence-corrected chi connectivity index (χ1v) is 7.90. The minimum Gasteiger partial charge on any atom is -0.449 e. The number of aliphatic hydroxyl groups excluding tert-OH is 1. The Hall–Kier alpha value is -0.860. The van der Waals surface area contributed by atoms with E-state index in [4.69, 9.17) is 0 Å². The van der Waals surface area contributed by atoms with Crippen LogP contribution in [-0.4, -0.2) is 38.4 Å². The van der Waals surface area contributed by atoms with Gasteiger partial charge >= 0.3 is 16.3 Å². The van der Waals surface area contributed by atoms with Crippen molar-refractivity contribution in [1.29, 1.82) is 0 Å². The largest absolute Gasteiger partial charge is 0.449 e. The molecule has 0 aromatic carbocycles. The summed E-state index contributed by atoms with van der Waals surface area (Å²) in [7, 11) is -4.03. The molecule has 112 valence electrons. The van der Waals surface area contributed by atoms with Gasteiger partial charge in [0.05, 0.1) is 18.8 Å². The number of aliphatic hydroxyl groups is 1. The van der Waals surface area contributed by atoms with Crippen LogP contribution in [0, 0.1) is 5.92 Å². The zero-order valence-electron chi connectivity index (χ0n) is 11.3. The van der Waals surface area contributed by atoms with Gasteiger partial charge in [-0.3, -0.25) is 0 Å². The number of amides is 1. The van der Waals surface area contributed by atoms with E-state index < -0.39 is 21.8 Å². The molecule has 19 heavy (non-hydrogen) atoms. The fourth-order valence-corrected chi connectivity index (χ4v) is 3.66. The highest BCUT2D eigenvalue weighted by atomic mass is 32.2. The van der Waals surface area contributed by atoms with Crippen LogP contribution in [0.2, 0.25) is 0 Å². The van der Waals surface area contributed by atoms with Crippen LogP contribution in [0.3, 0.4) is 0 Å². The molecule has 1 rings (SSSR count). The van der Waals surface area contributed by atoms with Gasteiger partial charge in [-0.1, -0.05) is 19.8 Å². The highest BCUT2D eigenvalue weighted by Gasteiger charge is 2.38. The molecule has 1 fully saturated rings. The molecule has 0 aliphatic heterocycles. The third kappa shape index (κ3) is 4.96. The van der Waals surface area contributed by atoms with Crippen molar-refractivity contribution in [3.63, 3.8) is 0 Å². The lowest BCUT2D eigenvalue weighted by Gasteiger charge is -2.38. The van der Waals surface area contributed by atoms with Crippen LogP contribution < -0.4 is 9.44 Å². The van der Waals surface area contributed by atoms with Crippen molar-refractivity contribution in [2.45, 2.75) is 45.1 Å². The fraction of sp³-hybridized carbons (Fsp3) is 0.909. The molecule has 1 saturated carbocycles. The Labute approximate surface area is 113 Å². The molecule has 0 aromatic heterocycles. The van der Waals surface area contributed by atoms with Crippen molar-refractivity contribution in [2.75, 3.05) is 13.2 Å². The van der Waals surface area contributed by atoms with Gasteiger partial charge in [-0.2, -0.15) is 13.1 Å². The second-order valence-electron chi connectivity index (χ2n) is 5.07. The lowest BCUT2D eigenvalue weighted by Crippen LogP contribution is -2.57. The highest BCUT2D eigenvalue weighted by Crippen LogP contribution is 2.32. The van der Waals surface area contributed by atoms with Crippen molar-refractivity contribution < 1.29 is 23.1 Å². The molecule has 0 saturated heterocycles. The summed E-state index contributed by atoms with van der Waals surface area (Å²) in [5.74, 6) is 0.325. The molecule has 0 heterocycles. The molecule has 7 nitrogen and oxygen atoms in total. The van der Waals surface area contributed by atoms with Crippen LogP contribution in [0.25, 0.3) is 0 Å². The molecule has 2 atom stereocenters. The van der Waals surface area contributed by atoms with Gasteiger partial charge in [0.2, 0.25) is 0 Å². The molecular weight excluding hydrogens is 272 g/mol. The predicted octanol–water partition coefficient (Wildman–Crippen LogP) is 0.508. The Kier molecular flexibility index (Phi) is 5.57. The Morgan fingerprint density at radius 3 is 2.74 bits per heavy atom. The van der Waals surface area contributed by atoms with E-state index in [0.29, 0.717) is 18.8 Å². The Balaban J connectivity index is 2.71. The summed E-state index contributed by atoms with van der Waals surface area (Å²) in [5, 5.41) is 9.49. The Morgan fingerprint density at radius 2 is 2.21 bits per heavy atom. The van der Waals surface area contributed by atoms with Crippen LogP contribution in [-0.2, 0) is 14.9 Å². The molecule has 2 unspecified atom stereocenters. The monoisotopic (exact) mass is 294 g/mol. The molecule has 0 bridgehead atoms. The number of carbonyl (C=O) groups excluding carboxylic acids is 1. The van der Waals surface area contributed by atoms with E-state index in [1.807, 2.05) is 6.92 Å². The molecular formula is C11H22N2O5S. The maximum absolute atomic E-state index is 11.8. The smallest absolute Gasteiger partial charge is 0.421 e. The summed E-state index contributed by atoms with van der Waals surface area (Å²) in [4.78, 5) is 11.1. The Morgan fingerprint density at radius 1 is 1.53 bits per heavy atom. The fourth-order valence-electron chi connectivity index (χ4n) is 2.51. The van der Waals surface area contributed by atoms with E-state index >= 15 is 0 Å². The van der Waals surface area contributed by atoms with E-state index in [-0.39, 0.29) is 13.2 Å². The van der Waals surface area contributed by atoms with Gasteiger partial charge in [-0.05, 0) is 25.7 Å². The molecule has 8 heteroatoms. The van der Waals surface area contributed by atoms with Crippen LogP contribution >= 0.6 is 0 Å². The first kappa shape index (κ1) is 16.2. The summed E-state index contributed by atoms with van der Waals surface area (Å²) >= 11 is 0. The Bertz CT molecular complexity index is 411. The molecule has 0 spiro atoms. The summed E-state index contributed by atoms with van der Waals surface area (Å²) in [6.07, 6.45) is 1.93. The quantitative estimate of drug-likeness (QED) is 0.685. The minimum absolute atomic E-state index is 0.0868. The number of rotatable bonds is 5. The van der Waals surface area contributed by atoms with Gasteiger partial charge in [0.25, 0.3) is 0 Å². The number of ether oxygens (including phenoxy) is 1. The predicted molar refractivity (Wildman–Crippen MR) is 69.7 cm³/mol. The molecule has 1 amide bonds. The van der Waals surface area contributed by atoms with Crippen molar-refractivity contribution in [3.8, 4) is 0 Å². The standard InChI is InChI=1S/C11H22N2O5S/c1-3-18-10(15)12-19(16,17)13-11(8-14)6-4-5-9(2)7-11/h9,13-14H,3-8H2,1-2H3,(H,12,15). The molecule has 1 aliphatic rings. The van der Waals surface area contributed by atoms with Crippen LogP contribution in [0.5, 0.6) is 0 Å². The van der Waals surface area contributed by atoms with Gasteiger partial charge in [0.15, 0.2) is 0 Å². The van der Waals surface area contributed by atoms with E-state index in [1.165, 1.54) is 0 Å². The molecule has 1 aliphatic carbocycles. The first-order chi connectivity index (χ1) is 8.82. The first-order valence-electron chi connectivity index (χ1n) is 6.42. The lowest BCUT2D eigenvalue weighted by atomic mass is 9.78. The van der Waals surface area contributed by atoms with Gasteiger partial charge < -0.3 is 9.84 Å².